The van der Waals surface area contributed by atoms with Gasteiger partial charge in [-0.3, -0.25) is 0 Å². The highest BCUT2D eigenvalue weighted by Crippen LogP contribution is 2.36. The van der Waals surface area contributed by atoms with E-state index in [1.807, 2.05) is 30.3 Å². The van der Waals surface area contributed by atoms with Gasteiger partial charge in [-0.05, 0) is 59.0 Å². The van der Waals surface area contributed by atoms with Crippen molar-refractivity contribution in [3.05, 3.63) is 56.9 Å². The predicted octanol–water partition coefficient (Wildman–Crippen LogP) is 4.82. The van der Waals surface area contributed by atoms with Gasteiger partial charge in [-0.2, -0.15) is 0 Å². The molecule has 1 unspecified atom stereocenters. The first-order valence-electron chi connectivity index (χ1n) is 7.30. The molecule has 0 saturated heterocycles. The van der Waals surface area contributed by atoms with Gasteiger partial charge in [0.1, 0.15) is 17.9 Å². The van der Waals surface area contributed by atoms with Crippen LogP contribution in [0.4, 0.5) is 5.82 Å². The summed E-state index contributed by atoms with van der Waals surface area (Å²) in [5.74, 6) is 1.72. The summed E-state index contributed by atoms with van der Waals surface area (Å²) in [5.41, 5.74) is 2.00. The van der Waals surface area contributed by atoms with Gasteiger partial charge in [0, 0.05) is 26.0 Å². The van der Waals surface area contributed by atoms with Crippen molar-refractivity contribution in [2.24, 2.45) is 0 Å². The zero-order valence-corrected chi connectivity index (χ0v) is 15.0. The minimum absolute atomic E-state index is 0.119. The van der Waals surface area contributed by atoms with Crippen LogP contribution in [0.25, 0.3) is 10.9 Å². The number of anilines is 1. The quantitative estimate of drug-likeness (QED) is 0.584. The number of fused-ring (bicyclic) bond motifs is 2. The third-order valence-corrected chi connectivity index (χ3v) is 4.83. The van der Waals surface area contributed by atoms with Crippen LogP contribution in [-0.4, -0.2) is 16.6 Å². The molecule has 1 aromatic heterocycles. The van der Waals surface area contributed by atoms with Gasteiger partial charge in [0.25, 0.3) is 0 Å². The van der Waals surface area contributed by atoms with Crippen molar-refractivity contribution in [3.63, 3.8) is 0 Å². The average Bonchev–Trinajstić information content (AvgIpc) is 2.56. The summed E-state index contributed by atoms with van der Waals surface area (Å²) >= 11 is 8.45. The predicted molar refractivity (Wildman–Crippen MR) is 100 cm³/mol. The zero-order chi connectivity index (χ0) is 15.8. The molecule has 3 aromatic rings. The van der Waals surface area contributed by atoms with E-state index in [2.05, 4.69) is 43.9 Å². The first kappa shape index (κ1) is 15.0. The summed E-state index contributed by atoms with van der Waals surface area (Å²) in [4.78, 5) is 8.77. The Bertz CT molecular complexity index is 887. The maximum Gasteiger partial charge on any atom is 0.137 e. The Morgan fingerprint density at radius 1 is 1.17 bits per heavy atom. The zero-order valence-electron chi connectivity index (χ0n) is 12.1. The van der Waals surface area contributed by atoms with E-state index in [0.717, 1.165) is 38.0 Å². The number of ether oxygens (including phenoxy) is 1. The van der Waals surface area contributed by atoms with Crippen LogP contribution in [0.5, 0.6) is 5.75 Å². The maximum absolute atomic E-state index is 6.15. The Morgan fingerprint density at radius 3 is 3.00 bits per heavy atom. The fourth-order valence-corrected chi connectivity index (χ4v) is 3.50. The highest BCUT2D eigenvalue weighted by molar-refractivity contribution is 14.1. The molecule has 0 spiro atoms. The molecule has 1 atom stereocenters. The molecule has 1 aliphatic rings. The van der Waals surface area contributed by atoms with Crippen LogP contribution in [0.3, 0.4) is 0 Å². The van der Waals surface area contributed by atoms with Gasteiger partial charge in [-0.1, -0.05) is 11.6 Å². The van der Waals surface area contributed by atoms with Gasteiger partial charge in [0.15, 0.2) is 0 Å². The Hall–Kier alpha value is -1.60. The first-order chi connectivity index (χ1) is 11.2. The van der Waals surface area contributed by atoms with Crippen LogP contribution in [0, 0.1) is 3.57 Å². The third-order valence-electron chi connectivity index (χ3n) is 3.92. The van der Waals surface area contributed by atoms with Crippen LogP contribution in [0.2, 0.25) is 5.02 Å². The first-order valence-corrected chi connectivity index (χ1v) is 8.75. The molecular formula is C17H13ClIN3O. The summed E-state index contributed by atoms with van der Waals surface area (Å²) in [6, 6.07) is 12.0. The summed E-state index contributed by atoms with van der Waals surface area (Å²) in [6.45, 7) is 0.673. The second-order valence-corrected chi connectivity index (χ2v) is 7.08. The number of aromatic nitrogens is 2. The van der Waals surface area contributed by atoms with Gasteiger partial charge in [0.05, 0.1) is 18.2 Å². The molecule has 4 rings (SSSR count). The van der Waals surface area contributed by atoms with Crippen LogP contribution >= 0.6 is 34.2 Å². The lowest BCUT2D eigenvalue weighted by molar-refractivity contribution is 0.274. The van der Waals surface area contributed by atoms with Gasteiger partial charge in [-0.25, -0.2) is 9.97 Å². The number of nitrogens with zero attached hydrogens (tertiary/aromatic N) is 2. The second kappa shape index (κ2) is 6.13. The number of benzene rings is 2. The van der Waals surface area contributed by atoms with E-state index >= 15 is 0 Å². The fourth-order valence-electron chi connectivity index (χ4n) is 2.82. The molecule has 0 saturated carbocycles. The van der Waals surface area contributed by atoms with E-state index < -0.39 is 0 Å². The van der Waals surface area contributed by atoms with Crippen molar-refractivity contribution in [2.45, 2.75) is 12.5 Å². The molecule has 116 valence electrons. The lowest BCUT2D eigenvalue weighted by atomic mass is 10.0. The molecule has 0 bridgehead atoms. The van der Waals surface area contributed by atoms with E-state index in [4.69, 9.17) is 16.3 Å². The minimum atomic E-state index is 0.119. The number of halogens is 2. The van der Waals surface area contributed by atoms with E-state index in [1.165, 1.54) is 0 Å². The molecule has 4 nitrogen and oxygen atoms in total. The summed E-state index contributed by atoms with van der Waals surface area (Å²) in [6.07, 6.45) is 2.46. The number of hydrogen-bond donors (Lipinski definition) is 1. The monoisotopic (exact) mass is 437 g/mol. The lowest BCUT2D eigenvalue weighted by Gasteiger charge is -2.27. The van der Waals surface area contributed by atoms with Crippen LogP contribution in [0.15, 0.2) is 42.7 Å². The Morgan fingerprint density at radius 2 is 2.09 bits per heavy atom. The Balaban J connectivity index is 1.75. The van der Waals surface area contributed by atoms with Crippen molar-refractivity contribution < 1.29 is 4.74 Å². The van der Waals surface area contributed by atoms with E-state index in [-0.39, 0.29) is 6.04 Å². The van der Waals surface area contributed by atoms with Gasteiger partial charge in [0.2, 0.25) is 0 Å². The molecule has 6 heteroatoms. The third kappa shape index (κ3) is 2.95. The summed E-state index contributed by atoms with van der Waals surface area (Å²) in [7, 11) is 0. The molecular weight excluding hydrogens is 425 g/mol. The standard InChI is InChI=1S/C17H13ClIN3O/c18-10-1-4-16-12(7-10)15(5-6-23-16)22-17-13-8-11(19)2-3-14(13)20-9-21-17/h1-4,7-9,15H,5-6H2,(H,20,21,22). The fraction of sp³-hybridized carbons (Fsp3) is 0.176. The molecule has 2 aromatic carbocycles. The topological polar surface area (TPSA) is 47.0 Å². The average molecular weight is 438 g/mol. The SMILES string of the molecule is Clc1ccc2c(c1)C(Nc1ncnc3ccc(I)cc13)CCO2. The summed E-state index contributed by atoms with van der Waals surface area (Å²) in [5, 5.41) is 5.28. The Labute approximate surface area is 152 Å². The van der Waals surface area contributed by atoms with E-state index in [0.29, 0.717) is 11.6 Å². The highest BCUT2D eigenvalue weighted by Gasteiger charge is 2.22. The molecule has 1 aliphatic heterocycles. The molecule has 1 N–H and O–H groups in total. The molecule has 0 aliphatic carbocycles. The van der Waals surface area contributed by atoms with Crippen molar-refractivity contribution in [2.75, 3.05) is 11.9 Å². The lowest BCUT2D eigenvalue weighted by Crippen LogP contribution is -2.21. The molecule has 0 fully saturated rings. The van der Waals surface area contributed by atoms with E-state index in [1.54, 1.807) is 6.33 Å². The molecule has 0 radical (unpaired) electrons. The van der Waals surface area contributed by atoms with Crippen molar-refractivity contribution >= 4 is 50.9 Å². The van der Waals surface area contributed by atoms with Crippen molar-refractivity contribution in [3.8, 4) is 5.75 Å². The highest BCUT2D eigenvalue weighted by atomic mass is 127. The smallest absolute Gasteiger partial charge is 0.137 e. The maximum atomic E-state index is 6.15. The van der Waals surface area contributed by atoms with Gasteiger partial charge >= 0.3 is 0 Å². The van der Waals surface area contributed by atoms with Crippen LogP contribution < -0.4 is 10.1 Å². The van der Waals surface area contributed by atoms with Crippen molar-refractivity contribution in [1.29, 1.82) is 0 Å². The van der Waals surface area contributed by atoms with Gasteiger partial charge in [-0.15, -0.1) is 0 Å². The summed E-state index contributed by atoms with van der Waals surface area (Å²) < 4.78 is 6.88. The van der Waals surface area contributed by atoms with Crippen molar-refractivity contribution in [1.82, 2.24) is 9.97 Å². The molecule has 0 amide bonds. The Kier molecular flexibility index (Phi) is 3.98. The normalized spacial score (nSPS) is 16.7. The van der Waals surface area contributed by atoms with Crippen LogP contribution in [0.1, 0.15) is 18.0 Å². The number of rotatable bonds is 2. The minimum Gasteiger partial charge on any atom is -0.493 e. The molecule has 2 heterocycles. The van der Waals surface area contributed by atoms with E-state index in [9.17, 15) is 0 Å². The van der Waals surface area contributed by atoms with Crippen LogP contribution in [-0.2, 0) is 0 Å². The largest absolute Gasteiger partial charge is 0.493 e. The second-order valence-electron chi connectivity index (χ2n) is 5.40. The van der Waals surface area contributed by atoms with Gasteiger partial charge < -0.3 is 10.1 Å². The number of nitrogens with one attached hydrogen (secondary N) is 1. The number of hydrogen-bond acceptors (Lipinski definition) is 4. The molecule has 23 heavy (non-hydrogen) atoms.